The SMILES string of the molecule is Brc1ccccc1COc1ccc(-c2ccccc2)cc1. The van der Waals surface area contributed by atoms with Crippen molar-refractivity contribution in [3.63, 3.8) is 0 Å². The molecule has 3 aromatic rings. The number of halogens is 1. The first kappa shape index (κ1) is 13.9. The van der Waals surface area contributed by atoms with E-state index in [4.69, 9.17) is 4.74 Å². The van der Waals surface area contributed by atoms with Gasteiger partial charge in [-0.25, -0.2) is 0 Å². The first-order valence-corrected chi connectivity index (χ1v) is 7.64. The lowest BCUT2D eigenvalue weighted by Gasteiger charge is -2.09. The van der Waals surface area contributed by atoms with Crippen molar-refractivity contribution in [2.45, 2.75) is 6.61 Å². The molecule has 3 aromatic carbocycles. The lowest BCUT2D eigenvalue weighted by molar-refractivity contribution is 0.305. The van der Waals surface area contributed by atoms with Crippen LogP contribution in [0.25, 0.3) is 11.1 Å². The van der Waals surface area contributed by atoms with E-state index >= 15 is 0 Å². The molecule has 0 aliphatic rings. The molecule has 0 N–H and O–H groups in total. The number of hydrogen-bond acceptors (Lipinski definition) is 1. The Morgan fingerprint density at radius 1 is 0.667 bits per heavy atom. The Morgan fingerprint density at radius 3 is 2.00 bits per heavy atom. The molecule has 0 saturated carbocycles. The van der Waals surface area contributed by atoms with Crippen molar-refractivity contribution in [1.29, 1.82) is 0 Å². The van der Waals surface area contributed by atoms with Crippen molar-refractivity contribution in [2.75, 3.05) is 0 Å². The summed E-state index contributed by atoms with van der Waals surface area (Å²) in [7, 11) is 0. The average Bonchev–Trinajstić information content (AvgIpc) is 2.55. The number of benzene rings is 3. The van der Waals surface area contributed by atoms with Gasteiger partial charge in [0, 0.05) is 10.0 Å². The molecule has 0 aromatic heterocycles. The van der Waals surface area contributed by atoms with Crippen LogP contribution in [-0.4, -0.2) is 0 Å². The molecule has 0 radical (unpaired) electrons. The Morgan fingerprint density at radius 2 is 1.29 bits per heavy atom. The first-order chi connectivity index (χ1) is 10.3. The van der Waals surface area contributed by atoms with Gasteiger partial charge in [0.2, 0.25) is 0 Å². The van der Waals surface area contributed by atoms with Crippen LogP contribution in [0.1, 0.15) is 5.56 Å². The van der Waals surface area contributed by atoms with Crippen LogP contribution in [0.15, 0.2) is 83.3 Å². The van der Waals surface area contributed by atoms with Crippen molar-refractivity contribution in [1.82, 2.24) is 0 Å². The molecular weight excluding hydrogens is 324 g/mol. The second-order valence-electron chi connectivity index (χ2n) is 4.77. The largest absolute Gasteiger partial charge is 0.489 e. The molecular formula is C19H15BrO. The van der Waals surface area contributed by atoms with E-state index in [1.165, 1.54) is 11.1 Å². The number of ether oxygens (including phenoxy) is 1. The van der Waals surface area contributed by atoms with Crippen molar-refractivity contribution in [3.05, 3.63) is 88.9 Å². The van der Waals surface area contributed by atoms with Crippen molar-refractivity contribution < 1.29 is 4.74 Å². The van der Waals surface area contributed by atoms with E-state index in [-0.39, 0.29) is 0 Å². The zero-order chi connectivity index (χ0) is 14.5. The maximum Gasteiger partial charge on any atom is 0.119 e. The van der Waals surface area contributed by atoms with Crippen LogP contribution in [0.3, 0.4) is 0 Å². The molecule has 104 valence electrons. The van der Waals surface area contributed by atoms with Crippen LogP contribution in [0.2, 0.25) is 0 Å². The minimum absolute atomic E-state index is 0.562. The first-order valence-electron chi connectivity index (χ1n) is 6.84. The highest BCUT2D eigenvalue weighted by Gasteiger charge is 2.01. The van der Waals surface area contributed by atoms with E-state index in [1.54, 1.807) is 0 Å². The predicted octanol–water partition coefficient (Wildman–Crippen LogP) is 5.70. The van der Waals surface area contributed by atoms with Gasteiger partial charge in [-0.15, -0.1) is 0 Å². The third kappa shape index (κ3) is 3.53. The van der Waals surface area contributed by atoms with Gasteiger partial charge >= 0.3 is 0 Å². The highest BCUT2D eigenvalue weighted by atomic mass is 79.9. The van der Waals surface area contributed by atoms with E-state index in [0.29, 0.717) is 6.61 Å². The van der Waals surface area contributed by atoms with Gasteiger partial charge in [0.05, 0.1) is 0 Å². The molecule has 0 bridgehead atoms. The molecule has 0 heterocycles. The standard InChI is InChI=1S/C19H15BrO/c20-19-9-5-4-8-17(19)14-21-18-12-10-16(11-13-18)15-6-2-1-3-7-15/h1-13H,14H2. The third-order valence-electron chi connectivity index (χ3n) is 3.31. The van der Waals surface area contributed by atoms with Gasteiger partial charge in [-0.3, -0.25) is 0 Å². The van der Waals surface area contributed by atoms with Gasteiger partial charge in [0.1, 0.15) is 12.4 Å². The van der Waals surface area contributed by atoms with E-state index in [0.717, 1.165) is 15.8 Å². The minimum atomic E-state index is 0.562. The molecule has 0 aliphatic heterocycles. The maximum absolute atomic E-state index is 5.83. The van der Waals surface area contributed by atoms with Crippen LogP contribution < -0.4 is 4.74 Å². The molecule has 1 nitrogen and oxygen atoms in total. The summed E-state index contributed by atoms with van der Waals surface area (Å²) in [6.07, 6.45) is 0. The Hall–Kier alpha value is -2.06. The quantitative estimate of drug-likeness (QED) is 0.593. The summed E-state index contributed by atoms with van der Waals surface area (Å²) in [6.45, 7) is 0.562. The smallest absolute Gasteiger partial charge is 0.119 e. The van der Waals surface area contributed by atoms with Crippen LogP contribution in [0, 0.1) is 0 Å². The van der Waals surface area contributed by atoms with Crippen LogP contribution in [0.5, 0.6) is 5.75 Å². The number of hydrogen-bond donors (Lipinski definition) is 0. The third-order valence-corrected chi connectivity index (χ3v) is 4.09. The summed E-state index contributed by atoms with van der Waals surface area (Å²) in [5.41, 5.74) is 3.56. The van der Waals surface area contributed by atoms with E-state index in [2.05, 4.69) is 46.3 Å². The summed E-state index contributed by atoms with van der Waals surface area (Å²) in [6, 6.07) is 26.6. The highest BCUT2D eigenvalue weighted by molar-refractivity contribution is 9.10. The molecule has 0 atom stereocenters. The van der Waals surface area contributed by atoms with Crippen LogP contribution in [0.4, 0.5) is 0 Å². The number of rotatable bonds is 4. The van der Waals surface area contributed by atoms with E-state index < -0.39 is 0 Å². The zero-order valence-electron chi connectivity index (χ0n) is 11.5. The summed E-state index contributed by atoms with van der Waals surface area (Å²) < 4.78 is 6.91. The Labute approximate surface area is 133 Å². The summed E-state index contributed by atoms with van der Waals surface area (Å²) in [5, 5.41) is 0. The second-order valence-corrected chi connectivity index (χ2v) is 5.62. The minimum Gasteiger partial charge on any atom is -0.489 e. The van der Waals surface area contributed by atoms with Crippen LogP contribution >= 0.6 is 15.9 Å². The molecule has 2 heteroatoms. The van der Waals surface area contributed by atoms with Crippen molar-refractivity contribution in [2.24, 2.45) is 0 Å². The van der Waals surface area contributed by atoms with Crippen LogP contribution in [-0.2, 0) is 6.61 Å². The monoisotopic (exact) mass is 338 g/mol. The molecule has 0 amide bonds. The molecule has 0 aliphatic carbocycles. The zero-order valence-corrected chi connectivity index (χ0v) is 13.1. The fourth-order valence-corrected chi connectivity index (χ4v) is 2.55. The lowest BCUT2D eigenvalue weighted by atomic mass is 10.1. The van der Waals surface area contributed by atoms with Gasteiger partial charge in [0.15, 0.2) is 0 Å². The Kier molecular flexibility index (Phi) is 4.37. The lowest BCUT2D eigenvalue weighted by Crippen LogP contribution is -1.96. The molecule has 21 heavy (non-hydrogen) atoms. The fraction of sp³-hybridized carbons (Fsp3) is 0.0526. The topological polar surface area (TPSA) is 9.23 Å². The van der Waals surface area contributed by atoms with Crippen molar-refractivity contribution in [3.8, 4) is 16.9 Å². The van der Waals surface area contributed by atoms with Crippen molar-refractivity contribution >= 4 is 15.9 Å². The molecule has 0 unspecified atom stereocenters. The predicted molar refractivity (Wildman–Crippen MR) is 90.4 cm³/mol. The normalized spacial score (nSPS) is 10.3. The molecule has 0 saturated heterocycles. The summed E-state index contributed by atoms with van der Waals surface area (Å²) >= 11 is 3.53. The fourth-order valence-electron chi connectivity index (χ4n) is 2.15. The molecule has 3 rings (SSSR count). The highest BCUT2D eigenvalue weighted by Crippen LogP contribution is 2.23. The Bertz CT molecular complexity index is 705. The van der Waals surface area contributed by atoms with Gasteiger partial charge in [-0.2, -0.15) is 0 Å². The molecule has 0 spiro atoms. The average molecular weight is 339 g/mol. The van der Waals surface area contributed by atoms with E-state index in [1.807, 2.05) is 48.5 Å². The Balaban J connectivity index is 1.69. The second kappa shape index (κ2) is 6.59. The summed E-state index contributed by atoms with van der Waals surface area (Å²) in [5.74, 6) is 0.880. The van der Waals surface area contributed by atoms with Gasteiger partial charge in [-0.05, 0) is 29.3 Å². The van der Waals surface area contributed by atoms with Gasteiger partial charge < -0.3 is 4.74 Å². The molecule has 0 fully saturated rings. The maximum atomic E-state index is 5.83. The van der Waals surface area contributed by atoms with Gasteiger partial charge in [0.25, 0.3) is 0 Å². The summed E-state index contributed by atoms with van der Waals surface area (Å²) in [4.78, 5) is 0. The van der Waals surface area contributed by atoms with E-state index in [9.17, 15) is 0 Å². The van der Waals surface area contributed by atoms with Gasteiger partial charge in [-0.1, -0.05) is 76.6 Å².